The molecule has 2 aromatic carbocycles. The van der Waals surface area contributed by atoms with E-state index < -0.39 is 41.1 Å². The van der Waals surface area contributed by atoms with Gasteiger partial charge in [-0.1, -0.05) is 6.08 Å². The van der Waals surface area contributed by atoms with Gasteiger partial charge in [0.15, 0.2) is 0 Å². The molecule has 2 heterocycles. The van der Waals surface area contributed by atoms with Crippen LogP contribution >= 0.6 is 0 Å². The maximum atomic E-state index is 14.4. The maximum Gasteiger partial charge on any atom is 0.407 e. The predicted octanol–water partition coefficient (Wildman–Crippen LogP) is 4.46. The lowest BCUT2D eigenvalue weighted by atomic mass is 10.1. The van der Waals surface area contributed by atoms with E-state index in [1.54, 1.807) is 32.3 Å². The van der Waals surface area contributed by atoms with Gasteiger partial charge in [-0.2, -0.15) is 0 Å². The highest BCUT2D eigenvalue weighted by Gasteiger charge is 2.22. The molecule has 1 unspecified atom stereocenters. The summed E-state index contributed by atoms with van der Waals surface area (Å²) in [6.07, 6.45) is 3.95. The van der Waals surface area contributed by atoms with E-state index in [2.05, 4.69) is 20.4 Å². The number of fused-ring (bicyclic) bond motifs is 1. The number of nitrogens with one attached hydrogen (secondary N) is 3. The number of nitrogens with zero attached hydrogens (tertiary/aromatic N) is 2. The summed E-state index contributed by atoms with van der Waals surface area (Å²) in [6.45, 7) is -0.282. The van der Waals surface area contributed by atoms with Crippen LogP contribution in [-0.2, 0) is 27.5 Å². The molecule has 46 heavy (non-hydrogen) atoms. The van der Waals surface area contributed by atoms with Crippen molar-refractivity contribution in [2.45, 2.75) is 32.0 Å². The average Bonchev–Trinajstić information content (AvgIpc) is 3.41. The molecular formula is C32H32F3N5O6. The third-order valence-electron chi connectivity index (χ3n) is 6.85. The molecule has 3 amide bonds. The minimum Gasteiger partial charge on any atom is -0.486 e. The van der Waals surface area contributed by atoms with E-state index in [-0.39, 0.29) is 48.9 Å². The summed E-state index contributed by atoms with van der Waals surface area (Å²) in [5, 5.41) is 5.40. The third kappa shape index (κ3) is 8.55. The number of amides is 3. The number of alkyl carbamates (subject to hydrolysis) is 1. The maximum absolute atomic E-state index is 14.4. The number of hydrogen-bond donors (Lipinski definition) is 3. The molecular weight excluding hydrogens is 607 g/mol. The number of allylic oxidation sites excluding steroid dienone is 1. The Hall–Kier alpha value is -5.53. The fourth-order valence-electron chi connectivity index (χ4n) is 4.45. The minimum absolute atomic E-state index is 0.000585. The molecule has 0 aliphatic heterocycles. The van der Waals surface area contributed by atoms with Crippen LogP contribution in [0.15, 0.2) is 71.7 Å². The van der Waals surface area contributed by atoms with Crippen LogP contribution in [0.3, 0.4) is 0 Å². The van der Waals surface area contributed by atoms with Crippen molar-refractivity contribution in [3.05, 3.63) is 106 Å². The van der Waals surface area contributed by atoms with Crippen LogP contribution < -0.4 is 20.9 Å². The summed E-state index contributed by atoms with van der Waals surface area (Å²) in [7, 11) is 4.34. The van der Waals surface area contributed by atoms with Gasteiger partial charge in [-0.15, -0.1) is 0 Å². The summed E-state index contributed by atoms with van der Waals surface area (Å²) in [5.41, 5.74) is 0.353. The van der Waals surface area contributed by atoms with Gasteiger partial charge in [0.05, 0.1) is 19.2 Å². The molecule has 4 aromatic rings. The Morgan fingerprint density at radius 2 is 1.85 bits per heavy atom. The first-order chi connectivity index (χ1) is 21.9. The van der Waals surface area contributed by atoms with E-state index in [9.17, 15) is 32.3 Å². The lowest BCUT2D eigenvalue weighted by molar-refractivity contribution is -0.123. The molecule has 0 aliphatic rings. The number of halogens is 3. The Morgan fingerprint density at radius 3 is 2.57 bits per heavy atom. The second-order valence-electron chi connectivity index (χ2n) is 10.4. The van der Waals surface area contributed by atoms with Crippen LogP contribution in [0, 0.1) is 17.5 Å². The van der Waals surface area contributed by atoms with E-state index in [4.69, 9.17) is 4.74 Å². The molecule has 242 valence electrons. The number of ether oxygens (including phenoxy) is 2. The largest absolute Gasteiger partial charge is 0.486 e. The summed E-state index contributed by atoms with van der Waals surface area (Å²) in [5.74, 6) is -2.97. The molecule has 4 rings (SSSR count). The first kappa shape index (κ1) is 33.4. The normalized spacial score (nSPS) is 11.8. The summed E-state index contributed by atoms with van der Waals surface area (Å²) < 4.78 is 53.3. The Kier molecular flexibility index (Phi) is 10.9. The molecule has 14 heteroatoms. The van der Waals surface area contributed by atoms with Gasteiger partial charge in [-0.05, 0) is 55.3 Å². The number of H-pyrrole nitrogens is 1. The number of aromatic amines is 1. The summed E-state index contributed by atoms with van der Waals surface area (Å²) >= 11 is 0. The average molecular weight is 640 g/mol. The first-order valence-electron chi connectivity index (χ1n) is 14.1. The van der Waals surface area contributed by atoms with Gasteiger partial charge in [-0.3, -0.25) is 14.4 Å². The van der Waals surface area contributed by atoms with Gasteiger partial charge in [0.2, 0.25) is 11.8 Å². The number of benzene rings is 2. The second-order valence-corrected chi connectivity index (χ2v) is 10.4. The molecule has 0 fully saturated rings. The standard InChI is InChI=1S/C32H32F3N5O6/c1-39(2)28(41)9-5-4-7-25(38-32(44)45-3)30(42)37-26-8-6-12-40(31(26)43)17-23-14-20-13-22(34)16-27(29(20)36-23)46-18-19-10-11-21(33)15-24(19)35/h5-6,8-16,25,36H,4,7,17-18H2,1-3H3,(H,37,42)(H,38,44). The van der Waals surface area contributed by atoms with Gasteiger partial charge in [0.25, 0.3) is 5.56 Å². The smallest absolute Gasteiger partial charge is 0.407 e. The van der Waals surface area contributed by atoms with Gasteiger partial charge >= 0.3 is 6.09 Å². The van der Waals surface area contributed by atoms with Crippen molar-refractivity contribution >= 4 is 34.5 Å². The fourth-order valence-corrected chi connectivity index (χ4v) is 4.45. The van der Waals surface area contributed by atoms with Gasteiger partial charge in [0, 0.05) is 49.1 Å². The van der Waals surface area contributed by atoms with Crippen molar-refractivity contribution in [1.82, 2.24) is 19.8 Å². The zero-order chi connectivity index (χ0) is 33.4. The second kappa shape index (κ2) is 15.0. The van der Waals surface area contributed by atoms with Crippen molar-refractivity contribution in [2.24, 2.45) is 0 Å². The van der Waals surface area contributed by atoms with Crippen LogP contribution in [0.1, 0.15) is 24.1 Å². The minimum atomic E-state index is -1.08. The summed E-state index contributed by atoms with van der Waals surface area (Å²) in [6, 6.07) is 8.93. The van der Waals surface area contributed by atoms with Crippen LogP contribution in [-0.4, -0.2) is 59.6 Å². The fraction of sp³-hybridized carbons (Fsp3) is 0.250. The van der Waals surface area contributed by atoms with Crippen molar-refractivity contribution < 1.29 is 37.0 Å². The van der Waals surface area contributed by atoms with Crippen molar-refractivity contribution in [1.29, 1.82) is 0 Å². The quantitative estimate of drug-likeness (QED) is 0.196. The highest BCUT2D eigenvalue weighted by Crippen LogP contribution is 2.29. The van der Waals surface area contributed by atoms with Crippen molar-refractivity contribution in [2.75, 3.05) is 26.5 Å². The van der Waals surface area contributed by atoms with Crippen molar-refractivity contribution in [3.8, 4) is 5.75 Å². The molecule has 0 spiro atoms. The molecule has 3 N–H and O–H groups in total. The zero-order valence-corrected chi connectivity index (χ0v) is 25.2. The van der Waals surface area contributed by atoms with E-state index in [0.717, 1.165) is 25.3 Å². The van der Waals surface area contributed by atoms with E-state index >= 15 is 0 Å². The van der Waals surface area contributed by atoms with Crippen LogP contribution in [0.4, 0.5) is 23.7 Å². The third-order valence-corrected chi connectivity index (χ3v) is 6.85. The first-order valence-corrected chi connectivity index (χ1v) is 14.1. The van der Waals surface area contributed by atoms with E-state index in [0.29, 0.717) is 16.6 Å². The van der Waals surface area contributed by atoms with Crippen LogP contribution in [0.5, 0.6) is 5.75 Å². The van der Waals surface area contributed by atoms with Crippen molar-refractivity contribution in [3.63, 3.8) is 0 Å². The number of methoxy groups -OCH3 is 1. The predicted molar refractivity (Wildman–Crippen MR) is 164 cm³/mol. The summed E-state index contributed by atoms with van der Waals surface area (Å²) in [4.78, 5) is 54.5. The Labute approximate surface area is 261 Å². The zero-order valence-electron chi connectivity index (χ0n) is 25.2. The number of carbonyl (C=O) groups is 3. The lowest BCUT2D eigenvalue weighted by Crippen LogP contribution is -2.44. The molecule has 0 aliphatic carbocycles. The molecule has 11 nitrogen and oxygen atoms in total. The molecule has 2 aromatic heterocycles. The number of carbonyl (C=O) groups excluding carboxylic acids is 3. The lowest BCUT2D eigenvalue weighted by Gasteiger charge is -2.17. The number of rotatable bonds is 12. The SMILES string of the molecule is COC(=O)NC(CCC=CC(=O)N(C)C)C(=O)Nc1cccn(Cc2cc3cc(F)cc(OCc4ccc(F)cc4F)c3[nH]2)c1=O. The Morgan fingerprint density at radius 1 is 1.07 bits per heavy atom. The Balaban J connectivity index is 1.50. The molecule has 1 atom stereocenters. The highest BCUT2D eigenvalue weighted by molar-refractivity contribution is 5.96. The Bertz CT molecular complexity index is 1830. The number of pyridine rings is 1. The number of hydrogen-bond acceptors (Lipinski definition) is 6. The van der Waals surface area contributed by atoms with Gasteiger partial charge in [0.1, 0.15) is 41.5 Å². The van der Waals surface area contributed by atoms with E-state index in [1.165, 1.54) is 39.9 Å². The van der Waals surface area contributed by atoms with Gasteiger partial charge in [-0.25, -0.2) is 18.0 Å². The van der Waals surface area contributed by atoms with Crippen LogP contribution in [0.2, 0.25) is 0 Å². The monoisotopic (exact) mass is 639 g/mol. The molecule has 0 saturated carbocycles. The number of anilines is 1. The van der Waals surface area contributed by atoms with Crippen LogP contribution in [0.25, 0.3) is 10.9 Å². The number of aromatic nitrogens is 2. The van der Waals surface area contributed by atoms with E-state index in [1.807, 2.05) is 0 Å². The van der Waals surface area contributed by atoms with Gasteiger partial charge < -0.3 is 34.6 Å². The molecule has 0 saturated heterocycles. The molecule has 0 bridgehead atoms. The number of likely N-dealkylation sites (N-methyl/N-ethyl adjacent to an activating group) is 1. The highest BCUT2D eigenvalue weighted by atomic mass is 19.1. The topological polar surface area (TPSA) is 135 Å². The molecule has 0 radical (unpaired) electrons.